The first kappa shape index (κ1) is 13.6. The van der Waals surface area contributed by atoms with E-state index in [0.29, 0.717) is 6.04 Å². The lowest BCUT2D eigenvalue weighted by Crippen LogP contribution is -2.39. The number of pyridine rings is 1. The number of hydrogen-bond donors (Lipinski definition) is 2. The van der Waals surface area contributed by atoms with Gasteiger partial charge in [0.25, 0.3) is 0 Å². The molecule has 108 valence electrons. The second-order valence-corrected chi connectivity index (χ2v) is 5.92. The number of nitrogens with one attached hydrogen (secondary N) is 2. The Bertz CT molecular complexity index is 554. The van der Waals surface area contributed by atoms with Gasteiger partial charge in [0, 0.05) is 36.4 Å². The van der Waals surface area contributed by atoms with Gasteiger partial charge in [0.2, 0.25) is 0 Å². The molecule has 0 radical (unpaired) electrons. The van der Waals surface area contributed by atoms with Crippen LogP contribution in [0.2, 0.25) is 0 Å². The molecule has 1 saturated carbocycles. The SMILES string of the molecule is CNC1CCC(N(C)Cc2c[nH]c3ncccc23)CC1. The highest BCUT2D eigenvalue weighted by atomic mass is 15.1. The Kier molecular flexibility index (Phi) is 4.03. The molecule has 2 aromatic rings. The van der Waals surface area contributed by atoms with Gasteiger partial charge in [-0.3, -0.25) is 4.90 Å². The fourth-order valence-electron chi connectivity index (χ4n) is 3.35. The second-order valence-electron chi connectivity index (χ2n) is 5.92. The molecule has 0 saturated heterocycles. The average Bonchev–Trinajstić information content (AvgIpc) is 2.91. The fourth-order valence-corrected chi connectivity index (χ4v) is 3.35. The summed E-state index contributed by atoms with van der Waals surface area (Å²) in [6.45, 7) is 1.00. The predicted octanol–water partition coefficient (Wildman–Crippen LogP) is 2.53. The van der Waals surface area contributed by atoms with Gasteiger partial charge in [-0.15, -0.1) is 0 Å². The number of fused-ring (bicyclic) bond motifs is 1. The van der Waals surface area contributed by atoms with Crippen LogP contribution in [-0.2, 0) is 6.54 Å². The zero-order chi connectivity index (χ0) is 13.9. The summed E-state index contributed by atoms with van der Waals surface area (Å²) in [5, 5.41) is 4.65. The summed E-state index contributed by atoms with van der Waals surface area (Å²) in [7, 11) is 4.33. The van der Waals surface area contributed by atoms with Gasteiger partial charge in [0.1, 0.15) is 5.65 Å². The van der Waals surface area contributed by atoms with Crippen molar-refractivity contribution >= 4 is 11.0 Å². The molecular formula is C16H24N4. The van der Waals surface area contributed by atoms with Crippen molar-refractivity contribution in [2.24, 2.45) is 0 Å². The van der Waals surface area contributed by atoms with Crippen molar-refractivity contribution in [1.82, 2.24) is 20.2 Å². The Labute approximate surface area is 120 Å². The minimum atomic E-state index is 0.709. The minimum absolute atomic E-state index is 0.709. The molecule has 0 amide bonds. The Balaban J connectivity index is 1.65. The van der Waals surface area contributed by atoms with Gasteiger partial charge in [-0.1, -0.05) is 0 Å². The minimum Gasteiger partial charge on any atom is -0.346 e. The Morgan fingerprint density at radius 1 is 1.35 bits per heavy atom. The van der Waals surface area contributed by atoms with Crippen LogP contribution in [0, 0.1) is 0 Å². The van der Waals surface area contributed by atoms with E-state index < -0.39 is 0 Å². The highest BCUT2D eigenvalue weighted by Gasteiger charge is 2.23. The van der Waals surface area contributed by atoms with Gasteiger partial charge in [-0.2, -0.15) is 0 Å². The third kappa shape index (κ3) is 2.72. The topological polar surface area (TPSA) is 44.0 Å². The molecule has 20 heavy (non-hydrogen) atoms. The molecule has 1 aliphatic carbocycles. The number of aromatic nitrogens is 2. The van der Waals surface area contributed by atoms with Gasteiger partial charge in [-0.05, 0) is 57.5 Å². The molecule has 0 spiro atoms. The second kappa shape index (κ2) is 5.94. The third-order valence-electron chi connectivity index (χ3n) is 4.68. The quantitative estimate of drug-likeness (QED) is 0.899. The van der Waals surface area contributed by atoms with E-state index in [1.807, 2.05) is 12.3 Å². The van der Waals surface area contributed by atoms with Crippen LogP contribution < -0.4 is 5.32 Å². The lowest BCUT2D eigenvalue weighted by atomic mass is 9.90. The zero-order valence-electron chi connectivity index (χ0n) is 12.4. The molecular weight excluding hydrogens is 248 g/mol. The lowest BCUT2D eigenvalue weighted by molar-refractivity contribution is 0.170. The van der Waals surface area contributed by atoms with Crippen LogP contribution in [0.3, 0.4) is 0 Å². The first-order chi connectivity index (χ1) is 9.78. The van der Waals surface area contributed by atoms with Crippen LogP contribution in [0.25, 0.3) is 11.0 Å². The van der Waals surface area contributed by atoms with Crippen LogP contribution in [0.15, 0.2) is 24.5 Å². The number of nitrogens with zero attached hydrogens (tertiary/aromatic N) is 2. The molecule has 0 atom stereocenters. The van der Waals surface area contributed by atoms with E-state index in [1.54, 1.807) is 0 Å². The summed E-state index contributed by atoms with van der Waals surface area (Å²) in [5.41, 5.74) is 2.35. The van der Waals surface area contributed by atoms with Crippen molar-refractivity contribution in [3.8, 4) is 0 Å². The van der Waals surface area contributed by atoms with Gasteiger partial charge in [-0.25, -0.2) is 4.98 Å². The molecule has 1 aliphatic rings. The maximum atomic E-state index is 4.36. The number of rotatable bonds is 4. The van der Waals surface area contributed by atoms with Crippen LogP contribution in [0.5, 0.6) is 0 Å². The fraction of sp³-hybridized carbons (Fsp3) is 0.562. The van der Waals surface area contributed by atoms with E-state index in [-0.39, 0.29) is 0 Å². The summed E-state index contributed by atoms with van der Waals surface area (Å²) in [4.78, 5) is 10.1. The Hall–Kier alpha value is -1.39. The Morgan fingerprint density at radius 2 is 2.15 bits per heavy atom. The molecule has 1 fully saturated rings. The number of hydrogen-bond acceptors (Lipinski definition) is 3. The Morgan fingerprint density at radius 3 is 2.90 bits per heavy atom. The van der Waals surface area contributed by atoms with E-state index in [2.05, 4.69) is 46.5 Å². The highest BCUT2D eigenvalue weighted by Crippen LogP contribution is 2.25. The maximum absolute atomic E-state index is 4.36. The molecule has 4 nitrogen and oxygen atoms in total. The third-order valence-corrected chi connectivity index (χ3v) is 4.68. The lowest BCUT2D eigenvalue weighted by Gasteiger charge is -2.34. The van der Waals surface area contributed by atoms with Gasteiger partial charge in [0.05, 0.1) is 0 Å². The summed E-state index contributed by atoms with van der Waals surface area (Å²) < 4.78 is 0. The molecule has 3 rings (SSSR count). The molecule has 2 aromatic heterocycles. The van der Waals surface area contributed by atoms with Gasteiger partial charge < -0.3 is 10.3 Å². The van der Waals surface area contributed by atoms with Crippen molar-refractivity contribution in [3.63, 3.8) is 0 Å². The van der Waals surface area contributed by atoms with E-state index in [0.717, 1.165) is 18.2 Å². The van der Waals surface area contributed by atoms with Crippen LogP contribution in [0.4, 0.5) is 0 Å². The predicted molar refractivity (Wildman–Crippen MR) is 82.7 cm³/mol. The van der Waals surface area contributed by atoms with Crippen molar-refractivity contribution in [2.75, 3.05) is 14.1 Å². The standard InChI is InChI=1S/C16H24N4/c1-17-13-5-7-14(8-6-13)20(2)11-12-10-19-16-15(12)4-3-9-18-16/h3-4,9-10,13-14,17H,5-8,11H2,1-2H3,(H,18,19). The first-order valence-electron chi connectivity index (χ1n) is 7.56. The monoisotopic (exact) mass is 272 g/mol. The van der Waals surface area contributed by atoms with E-state index in [1.165, 1.54) is 36.6 Å². The number of aromatic amines is 1. The van der Waals surface area contributed by atoms with Crippen LogP contribution in [0.1, 0.15) is 31.2 Å². The summed E-state index contributed by atoms with van der Waals surface area (Å²) >= 11 is 0. The zero-order valence-corrected chi connectivity index (χ0v) is 12.4. The van der Waals surface area contributed by atoms with Crippen molar-refractivity contribution in [3.05, 3.63) is 30.1 Å². The van der Waals surface area contributed by atoms with Crippen molar-refractivity contribution in [2.45, 2.75) is 44.3 Å². The summed E-state index contributed by atoms with van der Waals surface area (Å²) in [6.07, 6.45) is 9.12. The summed E-state index contributed by atoms with van der Waals surface area (Å²) in [6, 6.07) is 5.59. The molecule has 0 unspecified atom stereocenters. The first-order valence-corrected chi connectivity index (χ1v) is 7.56. The highest BCUT2D eigenvalue weighted by molar-refractivity contribution is 5.79. The summed E-state index contributed by atoms with van der Waals surface area (Å²) in [5.74, 6) is 0. The van der Waals surface area contributed by atoms with E-state index in [4.69, 9.17) is 0 Å². The van der Waals surface area contributed by atoms with E-state index in [9.17, 15) is 0 Å². The van der Waals surface area contributed by atoms with E-state index >= 15 is 0 Å². The van der Waals surface area contributed by atoms with Crippen molar-refractivity contribution in [1.29, 1.82) is 0 Å². The average molecular weight is 272 g/mol. The van der Waals surface area contributed by atoms with Crippen molar-refractivity contribution < 1.29 is 0 Å². The molecule has 4 heteroatoms. The molecule has 2 heterocycles. The number of H-pyrrole nitrogens is 1. The van der Waals surface area contributed by atoms with Gasteiger partial charge >= 0.3 is 0 Å². The maximum Gasteiger partial charge on any atom is 0.137 e. The van der Waals surface area contributed by atoms with Crippen LogP contribution >= 0.6 is 0 Å². The normalized spacial score (nSPS) is 23.6. The molecule has 0 aromatic carbocycles. The van der Waals surface area contributed by atoms with Gasteiger partial charge in [0.15, 0.2) is 0 Å². The molecule has 0 bridgehead atoms. The largest absolute Gasteiger partial charge is 0.346 e. The molecule has 0 aliphatic heterocycles. The molecule has 2 N–H and O–H groups in total. The smallest absolute Gasteiger partial charge is 0.137 e. The van der Waals surface area contributed by atoms with Crippen LogP contribution in [-0.4, -0.2) is 41.0 Å².